The Hall–Kier alpha value is -3.84. The van der Waals surface area contributed by atoms with Crippen LogP contribution in [-0.4, -0.2) is 104 Å². The van der Waals surface area contributed by atoms with Crippen molar-refractivity contribution in [3.05, 3.63) is 25.3 Å². The third-order valence-corrected chi connectivity index (χ3v) is 8.81. The topological polar surface area (TPSA) is 271 Å². The van der Waals surface area contributed by atoms with Gasteiger partial charge in [-0.1, -0.05) is 0 Å². The van der Waals surface area contributed by atoms with Gasteiger partial charge in [-0.25, -0.2) is 29.9 Å². The number of fused-ring (bicyclic) bond motifs is 2. The Labute approximate surface area is 236 Å². The highest BCUT2D eigenvalue weighted by molar-refractivity contribution is 7.54. The fourth-order valence-corrected chi connectivity index (χ4v) is 6.58. The first kappa shape index (κ1) is 28.3. The molecule has 4 aromatic heterocycles. The van der Waals surface area contributed by atoms with Crippen LogP contribution in [0.5, 0.6) is 0 Å². The summed E-state index contributed by atoms with van der Waals surface area (Å²) >= 11 is 0. The van der Waals surface area contributed by atoms with Gasteiger partial charge in [0, 0.05) is 12.8 Å². The van der Waals surface area contributed by atoms with E-state index in [-0.39, 0.29) is 24.5 Å². The summed E-state index contributed by atoms with van der Waals surface area (Å²) in [5, 5.41) is 30.1. The molecule has 0 spiro atoms. The van der Waals surface area contributed by atoms with Crippen LogP contribution in [0.2, 0.25) is 0 Å². The highest BCUT2D eigenvalue weighted by atomic mass is 31.2. The number of carboxylic acid groups (broad SMARTS) is 1. The molecule has 0 radical (unpaired) electrons. The minimum atomic E-state index is -4.35. The molecule has 224 valence electrons. The summed E-state index contributed by atoms with van der Waals surface area (Å²) in [5.41, 5.74) is 13.2. The summed E-state index contributed by atoms with van der Waals surface area (Å²) in [6.07, 6.45) is -0.887. The number of aliphatic hydroxyl groups is 2. The zero-order valence-electron chi connectivity index (χ0n) is 21.8. The van der Waals surface area contributed by atoms with Crippen molar-refractivity contribution in [1.82, 2.24) is 39.0 Å². The first-order valence-electron chi connectivity index (χ1n) is 12.8. The maximum absolute atomic E-state index is 13.7. The smallest absolute Gasteiger partial charge is 0.342 e. The van der Waals surface area contributed by atoms with Gasteiger partial charge < -0.3 is 45.3 Å². The van der Waals surface area contributed by atoms with Gasteiger partial charge in [0.15, 0.2) is 22.9 Å². The van der Waals surface area contributed by atoms with Crippen LogP contribution >= 0.6 is 7.60 Å². The van der Waals surface area contributed by atoms with Crippen LogP contribution in [0, 0.1) is 0 Å². The highest BCUT2D eigenvalue weighted by Gasteiger charge is 2.44. The van der Waals surface area contributed by atoms with Crippen LogP contribution in [0.4, 0.5) is 11.6 Å². The number of aliphatic hydroxyl groups excluding tert-OH is 2. The Morgan fingerprint density at radius 1 is 0.952 bits per heavy atom. The third-order valence-electron chi connectivity index (χ3n) is 7.02. The second-order valence-electron chi connectivity index (χ2n) is 9.75. The lowest BCUT2D eigenvalue weighted by Crippen LogP contribution is -2.30. The molecule has 0 bridgehead atoms. The summed E-state index contributed by atoms with van der Waals surface area (Å²) in [6, 6.07) is 0. The zero-order chi connectivity index (χ0) is 29.6. The average molecular weight is 606 g/mol. The van der Waals surface area contributed by atoms with Gasteiger partial charge in [-0.05, 0) is 0 Å². The number of hydrogen-bond acceptors (Lipinski definition) is 16. The number of ether oxygens (including phenoxy) is 2. The number of aromatic nitrogens is 8. The monoisotopic (exact) mass is 606 g/mol. The summed E-state index contributed by atoms with van der Waals surface area (Å²) in [5.74, 6) is -1.09. The van der Waals surface area contributed by atoms with Gasteiger partial charge in [0.2, 0.25) is 0 Å². The van der Waals surface area contributed by atoms with Crippen LogP contribution in [0.3, 0.4) is 0 Å². The first-order valence-corrected chi connectivity index (χ1v) is 14.5. The zero-order valence-corrected chi connectivity index (χ0v) is 22.7. The molecule has 3 unspecified atom stereocenters. The number of carboxylic acids is 1. The van der Waals surface area contributed by atoms with E-state index in [2.05, 4.69) is 29.9 Å². The summed E-state index contributed by atoms with van der Waals surface area (Å²) < 4.78 is 39.9. The van der Waals surface area contributed by atoms with Gasteiger partial charge in [-0.3, -0.25) is 18.5 Å². The van der Waals surface area contributed by atoms with Gasteiger partial charge >= 0.3 is 13.6 Å². The number of aliphatic carboxylic acids is 1. The number of carbonyl (C=O) groups is 1. The molecule has 6 heterocycles. The molecular formula is C22H27N10O9P. The van der Waals surface area contributed by atoms with Crippen molar-refractivity contribution in [2.24, 2.45) is 0 Å². The van der Waals surface area contributed by atoms with Gasteiger partial charge in [0.05, 0.1) is 38.1 Å². The molecule has 0 saturated carbocycles. The van der Waals surface area contributed by atoms with Crippen molar-refractivity contribution < 1.29 is 43.2 Å². The van der Waals surface area contributed by atoms with Crippen molar-refractivity contribution in [1.29, 1.82) is 0 Å². The fourth-order valence-electron chi connectivity index (χ4n) is 5.02. The highest BCUT2D eigenvalue weighted by Crippen LogP contribution is 2.52. The fraction of sp³-hybridized carbons (Fsp3) is 0.500. The maximum atomic E-state index is 13.7. The average Bonchev–Trinajstić information content (AvgIpc) is 3.72. The van der Waals surface area contributed by atoms with Gasteiger partial charge in [-0.2, -0.15) is 0 Å². The molecular weight excluding hydrogens is 579 g/mol. The standard InChI is InChI=1S/C22H27N10O9P/c23-19-17-21(27-6-25-19)31(8-29-17)14-1-10(34)13(40-14)4-38-42(37,5-16(35)36)41-11-2-15(39-12(11)3-33)32-9-30-18-20(24)26-7-28-22(18)32/h6-15,33-34H,1-5H2,(H,35,36)(H2,23,25,27)(H2,24,26,28)/t10?,11?,12-,13-,14-,15-,42?/m1/s1. The quantitative estimate of drug-likeness (QED) is 0.141. The number of imidazole rings is 2. The minimum absolute atomic E-state index is 0.0525. The molecule has 7 atom stereocenters. The summed E-state index contributed by atoms with van der Waals surface area (Å²) in [4.78, 5) is 36.1. The molecule has 2 saturated heterocycles. The maximum Gasteiger partial charge on any atom is 0.342 e. The predicted octanol–water partition coefficient (Wildman–Crippen LogP) is -0.562. The van der Waals surface area contributed by atoms with Gasteiger partial charge in [-0.15, -0.1) is 0 Å². The largest absolute Gasteiger partial charge is 0.481 e. The molecule has 2 aliphatic heterocycles. The van der Waals surface area contributed by atoms with Crippen LogP contribution in [0.15, 0.2) is 25.3 Å². The van der Waals surface area contributed by atoms with Crippen LogP contribution in [0.1, 0.15) is 25.3 Å². The van der Waals surface area contributed by atoms with Crippen molar-refractivity contribution in [2.45, 2.75) is 49.7 Å². The normalized spacial score (nSPS) is 27.6. The third kappa shape index (κ3) is 5.26. The molecule has 19 nitrogen and oxygen atoms in total. The van der Waals surface area contributed by atoms with Crippen molar-refractivity contribution in [2.75, 3.05) is 30.8 Å². The van der Waals surface area contributed by atoms with E-state index in [9.17, 15) is 24.7 Å². The lowest BCUT2D eigenvalue weighted by molar-refractivity contribution is -0.134. The van der Waals surface area contributed by atoms with E-state index in [1.54, 1.807) is 9.13 Å². The van der Waals surface area contributed by atoms with Crippen LogP contribution in [-0.2, 0) is 27.9 Å². The molecule has 0 aromatic carbocycles. The Bertz CT molecular complexity index is 1670. The molecule has 6 rings (SSSR count). The number of nitrogens with two attached hydrogens (primary N) is 2. The SMILES string of the molecule is Nc1ncnc2c1ncn2[C@H]1CC(O)[C@@H](COP(=O)(CC(=O)O)OC2C[C@H](n3cnc4c(N)ncnc43)O[C@@H]2CO)O1. The number of nitrogens with zero attached hydrogens (tertiary/aromatic N) is 8. The molecule has 42 heavy (non-hydrogen) atoms. The number of anilines is 2. The van der Waals surface area contributed by atoms with Gasteiger partial charge in [0.25, 0.3) is 0 Å². The Balaban J connectivity index is 1.15. The Morgan fingerprint density at radius 2 is 1.52 bits per heavy atom. The second kappa shape index (κ2) is 11.1. The van der Waals surface area contributed by atoms with Crippen LogP contribution in [0.25, 0.3) is 22.3 Å². The lowest BCUT2D eigenvalue weighted by atomic mass is 10.2. The number of hydrogen-bond donors (Lipinski definition) is 5. The summed E-state index contributed by atoms with van der Waals surface area (Å²) in [6.45, 7) is -0.966. The Morgan fingerprint density at radius 3 is 2.10 bits per heavy atom. The lowest BCUT2D eigenvalue weighted by Gasteiger charge is -2.25. The molecule has 20 heteroatoms. The Kier molecular flexibility index (Phi) is 7.48. The van der Waals surface area contributed by atoms with E-state index in [0.29, 0.717) is 22.3 Å². The first-order chi connectivity index (χ1) is 20.2. The second-order valence-corrected chi connectivity index (χ2v) is 11.8. The van der Waals surface area contributed by atoms with E-state index < -0.39 is 69.8 Å². The molecule has 0 aliphatic carbocycles. The molecule has 2 fully saturated rings. The molecule has 2 aliphatic rings. The van der Waals surface area contributed by atoms with E-state index in [4.69, 9.17) is 30.0 Å². The van der Waals surface area contributed by atoms with Gasteiger partial charge in [0.1, 0.15) is 54.5 Å². The minimum Gasteiger partial charge on any atom is -0.481 e. The number of rotatable bonds is 10. The number of nitrogen functional groups attached to an aromatic ring is 2. The van der Waals surface area contributed by atoms with Crippen molar-refractivity contribution in [3.8, 4) is 0 Å². The van der Waals surface area contributed by atoms with E-state index in [0.717, 1.165) is 0 Å². The van der Waals surface area contributed by atoms with E-state index >= 15 is 0 Å². The molecule has 0 amide bonds. The van der Waals surface area contributed by atoms with Crippen LogP contribution < -0.4 is 11.5 Å². The van der Waals surface area contributed by atoms with Crippen molar-refractivity contribution >= 4 is 47.5 Å². The van der Waals surface area contributed by atoms with Crippen molar-refractivity contribution in [3.63, 3.8) is 0 Å². The molecule has 7 N–H and O–H groups in total. The molecule has 4 aromatic rings. The summed E-state index contributed by atoms with van der Waals surface area (Å²) in [7, 11) is -4.35. The van der Waals surface area contributed by atoms with E-state index in [1.165, 1.54) is 25.3 Å². The van der Waals surface area contributed by atoms with E-state index in [1.807, 2.05) is 0 Å². The predicted molar refractivity (Wildman–Crippen MR) is 141 cm³/mol.